The standard InChI is InChI=1S/C8H12I2O2/c9-5-3-7(11)1-2-8(12)4-6-10/h1-6H2. The van der Waals surface area contributed by atoms with Crippen LogP contribution in [0.25, 0.3) is 0 Å². The van der Waals surface area contributed by atoms with Crippen molar-refractivity contribution in [1.82, 2.24) is 0 Å². The normalized spacial score (nSPS) is 9.83. The molecule has 0 radical (unpaired) electrons. The van der Waals surface area contributed by atoms with E-state index >= 15 is 0 Å². The zero-order chi connectivity index (χ0) is 9.40. The van der Waals surface area contributed by atoms with Crippen LogP contribution < -0.4 is 0 Å². The smallest absolute Gasteiger partial charge is 0.134 e. The molecule has 0 rings (SSSR count). The van der Waals surface area contributed by atoms with Crippen molar-refractivity contribution >= 4 is 56.7 Å². The third kappa shape index (κ3) is 7.45. The van der Waals surface area contributed by atoms with Gasteiger partial charge in [0, 0.05) is 34.5 Å². The molecule has 12 heavy (non-hydrogen) atoms. The van der Waals surface area contributed by atoms with Crippen LogP contribution >= 0.6 is 45.2 Å². The van der Waals surface area contributed by atoms with Gasteiger partial charge in [0.2, 0.25) is 0 Å². The number of hydrogen-bond donors (Lipinski definition) is 0. The Kier molecular flexibility index (Phi) is 8.96. The Bertz CT molecular complexity index is 139. The van der Waals surface area contributed by atoms with Gasteiger partial charge in [0.25, 0.3) is 0 Å². The highest BCUT2D eigenvalue weighted by Crippen LogP contribution is 2.02. The Morgan fingerprint density at radius 2 is 1.08 bits per heavy atom. The average molecular weight is 394 g/mol. The number of Topliss-reactive ketones (excluding diaryl/α,β-unsaturated/α-hetero) is 2. The van der Waals surface area contributed by atoms with Crippen LogP contribution in [0.15, 0.2) is 0 Å². The first-order valence-corrected chi connectivity index (χ1v) is 6.91. The molecule has 0 atom stereocenters. The molecular weight excluding hydrogens is 382 g/mol. The monoisotopic (exact) mass is 394 g/mol. The van der Waals surface area contributed by atoms with Crippen molar-refractivity contribution in [1.29, 1.82) is 0 Å². The minimum atomic E-state index is 0.214. The first-order chi connectivity index (χ1) is 5.70. The molecule has 0 aromatic heterocycles. The summed E-state index contributed by atoms with van der Waals surface area (Å²) in [6, 6.07) is 0. The van der Waals surface area contributed by atoms with E-state index in [2.05, 4.69) is 45.2 Å². The third-order valence-corrected chi connectivity index (χ3v) is 2.51. The molecular formula is C8H12I2O2. The molecule has 0 aromatic carbocycles. The van der Waals surface area contributed by atoms with Crippen molar-refractivity contribution in [3.8, 4) is 0 Å². The second-order valence-corrected chi connectivity index (χ2v) is 4.61. The van der Waals surface area contributed by atoms with Crippen LogP contribution in [0.3, 0.4) is 0 Å². The van der Waals surface area contributed by atoms with Crippen molar-refractivity contribution < 1.29 is 9.59 Å². The maximum atomic E-state index is 11.0. The topological polar surface area (TPSA) is 34.1 Å². The third-order valence-electron chi connectivity index (χ3n) is 1.43. The fraction of sp³-hybridized carbons (Fsp3) is 0.750. The Morgan fingerprint density at radius 3 is 1.33 bits per heavy atom. The highest BCUT2D eigenvalue weighted by molar-refractivity contribution is 14.1. The van der Waals surface area contributed by atoms with Gasteiger partial charge in [-0.3, -0.25) is 9.59 Å². The number of hydrogen-bond acceptors (Lipinski definition) is 2. The van der Waals surface area contributed by atoms with Crippen LogP contribution in [-0.2, 0) is 9.59 Å². The van der Waals surface area contributed by atoms with E-state index < -0.39 is 0 Å². The van der Waals surface area contributed by atoms with Gasteiger partial charge in [-0.1, -0.05) is 45.2 Å². The lowest BCUT2D eigenvalue weighted by atomic mass is 10.1. The van der Waals surface area contributed by atoms with Crippen LogP contribution in [0.1, 0.15) is 25.7 Å². The van der Waals surface area contributed by atoms with Gasteiger partial charge in [-0.2, -0.15) is 0 Å². The second-order valence-electron chi connectivity index (χ2n) is 2.46. The molecule has 4 heteroatoms. The Labute approximate surface area is 100 Å². The molecule has 0 amide bonds. The first-order valence-electron chi connectivity index (χ1n) is 3.86. The van der Waals surface area contributed by atoms with E-state index in [1.807, 2.05) is 0 Å². The summed E-state index contributed by atoms with van der Waals surface area (Å²) < 4.78 is 1.72. The van der Waals surface area contributed by atoms with E-state index in [-0.39, 0.29) is 11.6 Å². The number of ketones is 2. The fourth-order valence-corrected chi connectivity index (χ4v) is 1.94. The maximum absolute atomic E-state index is 11.0. The number of carbonyl (C=O) groups is 2. The molecule has 0 heterocycles. The quantitative estimate of drug-likeness (QED) is 0.492. The minimum Gasteiger partial charge on any atom is -0.300 e. The first kappa shape index (κ1) is 12.8. The summed E-state index contributed by atoms with van der Waals surface area (Å²) in [6.07, 6.45) is 2.10. The van der Waals surface area contributed by atoms with Crippen LogP contribution in [0.2, 0.25) is 0 Å². The lowest BCUT2D eigenvalue weighted by molar-refractivity contribution is -0.123. The lowest BCUT2D eigenvalue weighted by Gasteiger charge is -1.96. The van der Waals surface area contributed by atoms with E-state index in [0.717, 1.165) is 8.86 Å². The maximum Gasteiger partial charge on any atom is 0.134 e. The van der Waals surface area contributed by atoms with Crippen molar-refractivity contribution in [2.75, 3.05) is 8.86 Å². The summed E-state index contributed by atoms with van der Waals surface area (Å²) in [7, 11) is 0. The van der Waals surface area contributed by atoms with Gasteiger partial charge in [-0.25, -0.2) is 0 Å². The van der Waals surface area contributed by atoms with Crippen molar-refractivity contribution in [2.24, 2.45) is 0 Å². The van der Waals surface area contributed by atoms with Crippen LogP contribution in [0.4, 0.5) is 0 Å². The molecule has 0 fully saturated rings. The Hall–Kier alpha value is 0.800. The number of carbonyl (C=O) groups excluding carboxylic acids is 2. The van der Waals surface area contributed by atoms with Gasteiger partial charge in [-0.05, 0) is 0 Å². The highest BCUT2D eigenvalue weighted by atomic mass is 127. The van der Waals surface area contributed by atoms with Crippen LogP contribution in [0.5, 0.6) is 0 Å². The molecule has 70 valence electrons. The molecule has 0 aromatic rings. The van der Waals surface area contributed by atoms with Crippen molar-refractivity contribution in [2.45, 2.75) is 25.7 Å². The molecule has 0 bridgehead atoms. The SMILES string of the molecule is O=C(CCI)CCC(=O)CCI. The summed E-state index contributed by atoms with van der Waals surface area (Å²) in [5, 5.41) is 0. The highest BCUT2D eigenvalue weighted by Gasteiger charge is 2.05. The summed E-state index contributed by atoms with van der Waals surface area (Å²) in [5.74, 6) is 0.428. The molecule has 0 aliphatic rings. The van der Waals surface area contributed by atoms with E-state index in [9.17, 15) is 9.59 Å². The zero-order valence-corrected chi connectivity index (χ0v) is 11.1. The number of rotatable bonds is 7. The lowest BCUT2D eigenvalue weighted by Crippen LogP contribution is -2.04. The van der Waals surface area contributed by atoms with Gasteiger partial charge in [-0.15, -0.1) is 0 Å². The summed E-state index contributed by atoms with van der Waals surface area (Å²) in [6.45, 7) is 0. The molecule has 0 saturated heterocycles. The van der Waals surface area contributed by atoms with E-state index in [0.29, 0.717) is 25.7 Å². The number of halogens is 2. The summed E-state index contributed by atoms with van der Waals surface area (Å²) in [4.78, 5) is 22.0. The second kappa shape index (κ2) is 8.40. The predicted molar refractivity (Wildman–Crippen MR) is 66.3 cm³/mol. The van der Waals surface area contributed by atoms with Gasteiger partial charge in [0.15, 0.2) is 0 Å². The molecule has 0 N–H and O–H groups in total. The number of alkyl halides is 2. The Morgan fingerprint density at radius 1 is 0.750 bits per heavy atom. The largest absolute Gasteiger partial charge is 0.300 e. The van der Waals surface area contributed by atoms with Gasteiger partial charge in [0.05, 0.1) is 0 Å². The molecule has 2 nitrogen and oxygen atoms in total. The predicted octanol–water partition coefficient (Wildman–Crippen LogP) is 2.56. The average Bonchev–Trinajstić information content (AvgIpc) is 2.02. The van der Waals surface area contributed by atoms with Gasteiger partial charge >= 0.3 is 0 Å². The zero-order valence-electron chi connectivity index (χ0n) is 6.82. The molecule has 0 aliphatic heterocycles. The summed E-state index contributed by atoms with van der Waals surface area (Å²) >= 11 is 4.34. The minimum absolute atomic E-state index is 0.214. The van der Waals surface area contributed by atoms with E-state index in [1.165, 1.54) is 0 Å². The summed E-state index contributed by atoms with van der Waals surface area (Å²) in [5.41, 5.74) is 0. The van der Waals surface area contributed by atoms with Gasteiger partial charge in [0.1, 0.15) is 11.6 Å². The molecule has 0 unspecified atom stereocenters. The van der Waals surface area contributed by atoms with Crippen molar-refractivity contribution in [3.63, 3.8) is 0 Å². The van der Waals surface area contributed by atoms with Gasteiger partial charge < -0.3 is 0 Å². The molecule has 0 saturated carbocycles. The van der Waals surface area contributed by atoms with Crippen LogP contribution in [0, 0.1) is 0 Å². The van der Waals surface area contributed by atoms with Crippen molar-refractivity contribution in [3.05, 3.63) is 0 Å². The molecule has 0 spiro atoms. The van der Waals surface area contributed by atoms with Crippen LogP contribution in [-0.4, -0.2) is 20.4 Å². The van der Waals surface area contributed by atoms with E-state index in [1.54, 1.807) is 0 Å². The van der Waals surface area contributed by atoms with E-state index in [4.69, 9.17) is 0 Å². The molecule has 0 aliphatic carbocycles. The Balaban J connectivity index is 3.40. The fourth-order valence-electron chi connectivity index (χ4n) is 0.740.